The summed E-state index contributed by atoms with van der Waals surface area (Å²) in [5, 5.41) is 2.93. The molecule has 0 saturated carbocycles. The average Bonchev–Trinajstić information content (AvgIpc) is 3.10. The molecule has 6 nitrogen and oxygen atoms in total. The van der Waals surface area contributed by atoms with E-state index in [-0.39, 0.29) is 12.1 Å². The zero-order chi connectivity index (χ0) is 18.4. The molecule has 136 valence electrons. The van der Waals surface area contributed by atoms with Crippen molar-refractivity contribution in [1.82, 2.24) is 9.80 Å². The van der Waals surface area contributed by atoms with Crippen LogP contribution in [0.15, 0.2) is 41.0 Å². The van der Waals surface area contributed by atoms with E-state index < -0.39 is 0 Å². The molecule has 0 radical (unpaired) electrons. The highest BCUT2D eigenvalue weighted by Gasteiger charge is 2.20. The molecule has 0 fully saturated rings. The summed E-state index contributed by atoms with van der Waals surface area (Å²) in [4.78, 5) is 16.2. The topological polar surface area (TPSA) is 58.0 Å². The van der Waals surface area contributed by atoms with Gasteiger partial charge in [-0.25, -0.2) is 4.79 Å². The fraction of sp³-hybridized carbons (Fsp3) is 0.421. The van der Waals surface area contributed by atoms with Crippen molar-refractivity contribution in [3.63, 3.8) is 0 Å². The molecule has 1 aromatic heterocycles. The van der Waals surface area contributed by atoms with Crippen molar-refractivity contribution in [3.05, 3.63) is 47.9 Å². The van der Waals surface area contributed by atoms with Crippen molar-refractivity contribution in [2.75, 3.05) is 39.6 Å². The van der Waals surface area contributed by atoms with Crippen LogP contribution in [0.2, 0.25) is 0 Å². The summed E-state index contributed by atoms with van der Waals surface area (Å²) >= 11 is 0. The standard InChI is InChI=1S/C19H27N3O3/c1-14-8-9-16(18(13-14)25-12-10-21(3)4)20-19(23)22(5)15(2)17-7-6-11-24-17/h6-9,11,13,15H,10,12H2,1-5H3,(H,20,23). The first-order valence-corrected chi connectivity index (χ1v) is 8.34. The second-order valence-electron chi connectivity index (χ2n) is 6.38. The molecule has 0 aliphatic heterocycles. The Bertz CT molecular complexity index is 683. The van der Waals surface area contributed by atoms with Gasteiger partial charge in [-0.2, -0.15) is 0 Å². The summed E-state index contributed by atoms with van der Waals surface area (Å²) in [6.45, 7) is 5.27. The van der Waals surface area contributed by atoms with Gasteiger partial charge in [-0.05, 0) is 57.8 Å². The number of carbonyl (C=O) groups is 1. The lowest BCUT2D eigenvalue weighted by atomic mass is 10.2. The third kappa shape index (κ3) is 5.26. The van der Waals surface area contributed by atoms with Crippen molar-refractivity contribution in [2.24, 2.45) is 0 Å². The fourth-order valence-electron chi connectivity index (χ4n) is 2.29. The van der Waals surface area contributed by atoms with Crippen LogP contribution in [-0.2, 0) is 0 Å². The molecule has 1 heterocycles. The zero-order valence-electron chi connectivity index (χ0n) is 15.6. The van der Waals surface area contributed by atoms with Gasteiger partial charge in [0.25, 0.3) is 0 Å². The molecule has 0 spiro atoms. The summed E-state index contributed by atoms with van der Waals surface area (Å²) in [5.74, 6) is 1.42. The Morgan fingerprint density at radius 3 is 2.68 bits per heavy atom. The van der Waals surface area contributed by atoms with E-state index in [1.165, 1.54) is 0 Å². The SMILES string of the molecule is Cc1ccc(NC(=O)N(C)C(C)c2ccco2)c(OCCN(C)C)c1. The van der Waals surface area contributed by atoms with Crippen molar-refractivity contribution < 1.29 is 13.9 Å². The third-order valence-corrected chi connectivity index (χ3v) is 4.03. The van der Waals surface area contributed by atoms with Gasteiger partial charge in [-0.3, -0.25) is 0 Å². The van der Waals surface area contributed by atoms with E-state index in [0.717, 1.165) is 17.9 Å². The number of nitrogens with zero attached hydrogens (tertiary/aromatic N) is 2. The molecule has 0 bridgehead atoms. The predicted molar refractivity (Wildman–Crippen MR) is 99.1 cm³/mol. The number of carbonyl (C=O) groups excluding carboxylic acids is 1. The maximum absolute atomic E-state index is 12.6. The lowest BCUT2D eigenvalue weighted by molar-refractivity contribution is 0.200. The number of rotatable bonds is 7. The van der Waals surface area contributed by atoms with Crippen LogP contribution in [-0.4, -0.2) is 50.1 Å². The predicted octanol–water partition coefficient (Wildman–Crippen LogP) is 3.75. The lowest BCUT2D eigenvalue weighted by Crippen LogP contribution is -2.33. The van der Waals surface area contributed by atoms with Crippen molar-refractivity contribution in [3.8, 4) is 5.75 Å². The number of anilines is 1. The highest BCUT2D eigenvalue weighted by molar-refractivity contribution is 5.91. The summed E-state index contributed by atoms with van der Waals surface area (Å²) in [6, 6.07) is 9.03. The van der Waals surface area contributed by atoms with E-state index in [9.17, 15) is 4.79 Å². The number of hydrogen-bond donors (Lipinski definition) is 1. The minimum absolute atomic E-state index is 0.168. The molecule has 2 amide bonds. The molecular weight excluding hydrogens is 318 g/mol. The maximum Gasteiger partial charge on any atom is 0.322 e. The van der Waals surface area contributed by atoms with Crippen molar-refractivity contribution in [2.45, 2.75) is 19.9 Å². The normalized spacial score (nSPS) is 12.1. The largest absolute Gasteiger partial charge is 0.490 e. The Morgan fingerprint density at radius 1 is 1.28 bits per heavy atom. The number of nitrogens with one attached hydrogen (secondary N) is 1. The number of urea groups is 1. The molecule has 1 aromatic carbocycles. The molecule has 1 atom stereocenters. The summed E-state index contributed by atoms with van der Waals surface area (Å²) in [5.41, 5.74) is 1.74. The summed E-state index contributed by atoms with van der Waals surface area (Å²) in [6.07, 6.45) is 1.61. The van der Waals surface area contributed by atoms with Crippen molar-refractivity contribution in [1.29, 1.82) is 0 Å². The number of furan rings is 1. The van der Waals surface area contributed by atoms with E-state index in [1.807, 2.05) is 63.2 Å². The molecule has 2 aromatic rings. The first-order valence-electron chi connectivity index (χ1n) is 8.34. The smallest absolute Gasteiger partial charge is 0.322 e. The van der Waals surface area contributed by atoms with Gasteiger partial charge >= 0.3 is 6.03 Å². The van der Waals surface area contributed by atoms with Crippen molar-refractivity contribution >= 4 is 11.7 Å². The second-order valence-corrected chi connectivity index (χ2v) is 6.38. The Kier molecular flexibility index (Phi) is 6.47. The van der Waals surface area contributed by atoms with Crippen LogP contribution in [0.25, 0.3) is 0 Å². The maximum atomic E-state index is 12.6. The number of hydrogen-bond acceptors (Lipinski definition) is 4. The van der Waals surface area contributed by atoms with Gasteiger partial charge in [0.1, 0.15) is 18.1 Å². The van der Waals surface area contributed by atoms with Gasteiger partial charge < -0.3 is 24.3 Å². The highest BCUT2D eigenvalue weighted by atomic mass is 16.5. The first kappa shape index (κ1) is 18.9. The zero-order valence-corrected chi connectivity index (χ0v) is 15.6. The molecule has 1 unspecified atom stereocenters. The van der Waals surface area contributed by atoms with Crippen LogP contribution >= 0.6 is 0 Å². The Labute approximate surface area is 149 Å². The molecule has 6 heteroatoms. The average molecular weight is 345 g/mol. The van der Waals surface area contributed by atoms with Crippen LogP contribution in [0.4, 0.5) is 10.5 Å². The van der Waals surface area contributed by atoms with Crippen LogP contribution in [0.3, 0.4) is 0 Å². The van der Waals surface area contributed by atoms with E-state index in [0.29, 0.717) is 18.0 Å². The van der Waals surface area contributed by atoms with Gasteiger partial charge in [-0.1, -0.05) is 6.07 Å². The molecule has 0 aliphatic rings. The number of amides is 2. The second kappa shape index (κ2) is 8.58. The number of likely N-dealkylation sites (N-methyl/N-ethyl adjacent to an activating group) is 1. The molecule has 1 N–H and O–H groups in total. The minimum Gasteiger partial charge on any atom is -0.490 e. The van der Waals surface area contributed by atoms with Gasteiger partial charge in [0.2, 0.25) is 0 Å². The van der Waals surface area contributed by atoms with E-state index >= 15 is 0 Å². The van der Waals surface area contributed by atoms with Crippen LogP contribution < -0.4 is 10.1 Å². The molecule has 0 aliphatic carbocycles. The van der Waals surface area contributed by atoms with Crippen LogP contribution in [0, 0.1) is 6.92 Å². The molecular formula is C19H27N3O3. The number of ether oxygens (including phenoxy) is 1. The number of aryl methyl sites for hydroxylation is 1. The fourth-order valence-corrected chi connectivity index (χ4v) is 2.29. The Hall–Kier alpha value is -2.47. The molecule has 2 rings (SSSR count). The quantitative estimate of drug-likeness (QED) is 0.830. The highest BCUT2D eigenvalue weighted by Crippen LogP contribution is 2.27. The van der Waals surface area contributed by atoms with Gasteiger partial charge in [0.15, 0.2) is 0 Å². The number of benzene rings is 1. The van der Waals surface area contributed by atoms with Gasteiger partial charge in [0.05, 0.1) is 18.0 Å². The third-order valence-electron chi connectivity index (χ3n) is 4.03. The van der Waals surface area contributed by atoms with Crippen LogP contribution in [0.5, 0.6) is 5.75 Å². The Morgan fingerprint density at radius 2 is 2.04 bits per heavy atom. The van der Waals surface area contributed by atoms with E-state index in [4.69, 9.17) is 9.15 Å². The lowest BCUT2D eigenvalue weighted by Gasteiger charge is -2.24. The van der Waals surface area contributed by atoms with E-state index in [2.05, 4.69) is 5.32 Å². The van der Waals surface area contributed by atoms with Crippen LogP contribution in [0.1, 0.15) is 24.3 Å². The summed E-state index contributed by atoms with van der Waals surface area (Å²) in [7, 11) is 5.73. The Balaban J connectivity index is 2.06. The molecule has 25 heavy (non-hydrogen) atoms. The monoisotopic (exact) mass is 345 g/mol. The first-order chi connectivity index (χ1) is 11.9. The van der Waals surface area contributed by atoms with E-state index in [1.54, 1.807) is 18.2 Å². The summed E-state index contributed by atoms with van der Waals surface area (Å²) < 4.78 is 11.2. The molecule has 0 saturated heterocycles. The van der Waals surface area contributed by atoms with Gasteiger partial charge in [-0.15, -0.1) is 0 Å². The van der Waals surface area contributed by atoms with Gasteiger partial charge in [0, 0.05) is 13.6 Å². The minimum atomic E-state index is -0.217.